The summed E-state index contributed by atoms with van der Waals surface area (Å²) < 4.78 is 0. The molecule has 1 unspecified atom stereocenters. The zero-order chi connectivity index (χ0) is 12.0. The van der Waals surface area contributed by atoms with Gasteiger partial charge in [-0.3, -0.25) is 4.79 Å². The number of carbonyl (C=O) groups is 1. The minimum atomic E-state index is -0.213. The minimum absolute atomic E-state index is 0.00766. The van der Waals surface area contributed by atoms with Gasteiger partial charge in [0.15, 0.2) is 0 Å². The fourth-order valence-corrected chi connectivity index (χ4v) is 1.28. The number of aromatic nitrogens is 2. The molecule has 1 rings (SSSR count). The van der Waals surface area contributed by atoms with Crippen LogP contribution in [-0.2, 0) is 11.3 Å². The van der Waals surface area contributed by atoms with E-state index in [9.17, 15) is 4.79 Å². The summed E-state index contributed by atoms with van der Waals surface area (Å²) in [6.45, 7) is 6.80. The fraction of sp³-hybridized carbons (Fsp3) is 0.545. The molecule has 5 heteroatoms. The third kappa shape index (κ3) is 3.94. The van der Waals surface area contributed by atoms with Crippen molar-refractivity contribution in [2.45, 2.75) is 33.4 Å². The molecule has 1 amide bonds. The molecule has 88 valence electrons. The highest BCUT2D eigenvalue weighted by Crippen LogP contribution is 1.95. The molecule has 0 radical (unpaired) electrons. The molecule has 5 nitrogen and oxygen atoms in total. The van der Waals surface area contributed by atoms with Gasteiger partial charge >= 0.3 is 0 Å². The number of nitrogens with zero attached hydrogens (tertiary/aromatic N) is 2. The Hall–Kier alpha value is -1.49. The van der Waals surface area contributed by atoms with Crippen molar-refractivity contribution in [1.29, 1.82) is 0 Å². The second-order valence-corrected chi connectivity index (χ2v) is 3.59. The van der Waals surface area contributed by atoms with E-state index in [4.69, 9.17) is 0 Å². The molecule has 0 fully saturated rings. The first-order valence-corrected chi connectivity index (χ1v) is 5.43. The van der Waals surface area contributed by atoms with E-state index < -0.39 is 0 Å². The molecule has 0 aliphatic carbocycles. The average Bonchev–Trinajstić information content (AvgIpc) is 2.26. The zero-order valence-electron chi connectivity index (χ0n) is 9.95. The van der Waals surface area contributed by atoms with E-state index in [2.05, 4.69) is 20.6 Å². The van der Waals surface area contributed by atoms with E-state index in [-0.39, 0.29) is 11.9 Å². The summed E-state index contributed by atoms with van der Waals surface area (Å²) in [5.74, 6) is 0.748. The van der Waals surface area contributed by atoms with E-state index in [1.54, 1.807) is 6.20 Å². The molecule has 0 bridgehead atoms. The first kappa shape index (κ1) is 12.6. The predicted molar refractivity (Wildman–Crippen MR) is 61.8 cm³/mol. The Bertz CT molecular complexity index is 354. The molecule has 0 aliphatic rings. The van der Waals surface area contributed by atoms with Crippen LogP contribution in [0, 0.1) is 6.92 Å². The van der Waals surface area contributed by atoms with E-state index in [0.717, 1.165) is 11.5 Å². The number of nitrogens with one attached hydrogen (secondary N) is 2. The standard InChI is InChI=1S/C11H18N4O/c1-4-12-11(16)8(2)14-7-10-5-6-13-9(3)15-10/h5-6,8,14H,4,7H2,1-3H3,(H,12,16). The van der Waals surface area contributed by atoms with E-state index in [1.165, 1.54) is 0 Å². The van der Waals surface area contributed by atoms with Gasteiger partial charge in [0.1, 0.15) is 5.82 Å². The maximum absolute atomic E-state index is 11.4. The Morgan fingerprint density at radius 2 is 2.31 bits per heavy atom. The lowest BCUT2D eigenvalue weighted by Gasteiger charge is -2.12. The van der Waals surface area contributed by atoms with Crippen LogP contribution in [0.2, 0.25) is 0 Å². The molecule has 0 spiro atoms. The molecule has 0 aromatic carbocycles. The molecule has 1 aromatic rings. The van der Waals surface area contributed by atoms with E-state index in [0.29, 0.717) is 13.1 Å². The number of rotatable bonds is 5. The van der Waals surface area contributed by atoms with Gasteiger partial charge in [0.05, 0.1) is 11.7 Å². The first-order valence-electron chi connectivity index (χ1n) is 5.43. The summed E-state index contributed by atoms with van der Waals surface area (Å²) in [6.07, 6.45) is 1.72. The largest absolute Gasteiger partial charge is 0.355 e. The monoisotopic (exact) mass is 222 g/mol. The summed E-state index contributed by atoms with van der Waals surface area (Å²) in [7, 11) is 0. The predicted octanol–water partition coefficient (Wildman–Crippen LogP) is 0.399. The Labute approximate surface area is 95.7 Å². The number of carbonyl (C=O) groups excluding carboxylic acids is 1. The van der Waals surface area contributed by atoms with Crippen molar-refractivity contribution in [2.24, 2.45) is 0 Å². The number of hydrogen-bond acceptors (Lipinski definition) is 4. The van der Waals surface area contributed by atoms with Gasteiger partial charge in [0.2, 0.25) is 5.91 Å². The Morgan fingerprint density at radius 1 is 1.56 bits per heavy atom. The van der Waals surface area contributed by atoms with Gasteiger partial charge in [-0.2, -0.15) is 0 Å². The molecule has 1 atom stereocenters. The molecule has 16 heavy (non-hydrogen) atoms. The molecule has 2 N–H and O–H groups in total. The van der Waals surface area contributed by atoms with Crippen molar-refractivity contribution in [3.63, 3.8) is 0 Å². The normalized spacial score (nSPS) is 12.2. The van der Waals surface area contributed by atoms with Crippen molar-refractivity contribution < 1.29 is 4.79 Å². The van der Waals surface area contributed by atoms with Gasteiger partial charge in [-0.05, 0) is 26.8 Å². The van der Waals surface area contributed by atoms with Crippen LogP contribution in [0.25, 0.3) is 0 Å². The smallest absolute Gasteiger partial charge is 0.236 e. The quantitative estimate of drug-likeness (QED) is 0.756. The van der Waals surface area contributed by atoms with Crippen molar-refractivity contribution in [2.75, 3.05) is 6.54 Å². The van der Waals surface area contributed by atoms with Crippen molar-refractivity contribution in [3.05, 3.63) is 23.8 Å². The summed E-state index contributed by atoms with van der Waals surface area (Å²) in [5.41, 5.74) is 0.892. The summed E-state index contributed by atoms with van der Waals surface area (Å²) in [6, 6.07) is 1.62. The molecule has 0 saturated carbocycles. The van der Waals surface area contributed by atoms with Crippen LogP contribution in [0.3, 0.4) is 0 Å². The van der Waals surface area contributed by atoms with Gasteiger partial charge in [0.25, 0.3) is 0 Å². The Balaban J connectivity index is 2.42. The third-order valence-electron chi connectivity index (χ3n) is 2.17. The molecule has 1 heterocycles. The van der Waals surface area contributed by atoms with E-state index in [1.807, 2.05) is 26.8 Å². The molecular weight excluding hydrogens is 204 g/mol. The van der Waals surface area contributed by atoms with E-state index >= 15 is 0 Å². The Morgan fingerprint density at radius 3 is 2.94 bits per heavy atom. The summed E-state index contributed by atoms with van der Waals surface area (Å²) >= 11 is 0. The van der Waals surface area contributed by atoms with Crippen LogP contribution < -0.4 is 10.6 Å². The van der Waals surface area contributed by atoms with Gasteiger partial charge in [-0.25, -0.2) is 9.97 Å². The number of hydrogen-bond donors (Lipinski definition) is 2. The fourth-order valence-electron chi connectivity index (χ4n) is 1.28. The maximum atomic E-state index is 11.4. The highest BCUT2D eigenvalue weighted by atomic mass is 16.2. The maximum Gasteiger partial charge on any atom is 0.236 e. The lowest BCUT2D eigenvalue weighted by atomic mass is 10.3. The molecule has 1 aromatic heterocycles. The van der Waals surface area contributed by atoms with Crippen LogP contribution in [0.5, 0.6) is 0 Å². The molecule has 0 saturated heterocycles. The third-order valence-corrected chi connectivity index (χ3v) is 2.17. The lowest BCUT2D eigenvalue weighted by Crippen LogP contribution is -2.41. The molecule has 0 aliphatic heterocycles. The van der Waals surface area contributed by atoms with Gasteiger partial charge in [0, 0.05) is 19.3 Å². The van der Waals surface area contributed by atoms with Crippen LogP contribution in [0.4, 0.5) is 0 Å². The van der Waals surface area contributed by atoms with Crippen LogP contribution in [-0.4, -0.2) is 28.5 Å². The van der Waals surface area contributed by atoms with Gasteiger partial charge in [-0.1, -0.05) is 0 Å². The van der Waals surface area contributed by atoms with Crippen LogP contribution in [0.1, 0.15) is 25.4 Å². The Kier molecular flexibility index (Phi) is 4.85. The van der Waals surface area contributed by atoms with Crippen molar-refractivity contribution in [1.82, 2.24) is 20.6 Å². The molecular formula is C11H18N4O. The second-order valence-electron chi connectivity index (χ2n) is 3.59. The lowest BCUT2D eigenvalue weighted by molar-refractivity contribution is -0.122. The highest BCUT2D eigenvalue weighted by Gasteiger charge is 2.10. The minimum Gasteiger partial charge on any atom is -0.355 e. The SMILES string of the molecule is CCNC(=O)C(C)NCc1ccnc(C)n1. The number of amides is 1. The zero-order valence-corrected chi connectivity index (χ0v) is 9.95. The van der Waals surface area contributed by atoms with Crippen LogP contribution in [0.15, 0.2) is 12.3 Å². The number of aryl methyl sites for hydroxylation is 1. The van der Waals surface area contributed by atoms with Crippen LogP contribution >= 0.6 is 0 Å². The van der Waals surface area contributed by atoms with Crippen molar-refractivity contribution >= 4 is 5.91 Å². The second kappa shape index (κ2) is 6.17. The first-order chi connectivity index (χ1) is 7.63. The van der Waals surface area contributed by atoms with Crippen molar-refractivity contribution in [3.8, 4) is 0 Å². The summed E-state index contributed by atoms with van der Waals surface area (Å²) in [5, 5.41) is 5.87. The highest BCUT2D eigenvalue weighted by molar-refractivity contribution is 5.81. The topological polar surface area (TPSA) is 66.9 Å². The number of likely N-dealkylation sites (N-methyl/N-ethyl adjacent to an activating group) is 1. The average molecular weight is 222 g/mol. The summed E-state index contributed by atoms with van der Waals surface area (Å²) in [4.78, 5) is 19.7. The van der Waals surface area contributed by atoms with Gasteiger partial charge < -0.3 is 10.6 Å². The van der Waals surface area contributed by atoms with Gasteiger partial charge in [-0.15, -0.1) is 0 Å².